The minimum absolute atomic E-state index is 0.462. The number of hydrogen-bond donors (Lipinski definition) is 1. The van der Waals surface area contributed by atoms with Crippen LogP contribution in [0.4, 0.5) is 4.79 Å². The molecule has 0 bridgehead atoms. The van der Waals surface area contributed by atoms with Crippen molar-refractivity contribution in [3.8, 4) is 0 Å². The number of ether oxygens (including phenoxy) is 1. The van der Waals surface area contributed by atoms with Gasteiger partial charge in [-0.2, -0.15) is 0 Å². The van der Waals surface area contributed by atoms with Gasteiger partial charge in [0, 0.05) is 46.1 Å². The van der Waals surface area contributed by atoms with E-state index in [0.29, 0.717) is 13.2 Å². The predicted octanol–water partition coefficient (Wildman–Crippen LogP) is 0.274. The van der Waals surface area contributed by atoms with Crippen molar-refractivity contribution in [2.24, 2.45) is 4.99 Å². The maximum absolute atomic E-state index is 11.9. The maximum Gasteiger partial charge on any atom is 0.448 e. The molecule has 2 rings (SSSR count). The summed E-state index contributed by atoms with van der Waals surface area (Å²) in [5.41, 5.74) is 2.13. The molecular formula is C11H20N5O3S+. The third-order valence-electron chi connectivity index (χ3n) is 2.89. The van der Waals surface area contributed by atoms with Crippen molar-refractivity contribution < 1.29 is 19.1 Å². The molecule has 1 fully saturated rings. The number of amides is 1. The normalized spacial score (nSPS) is 21.4. The molecule has 0 aromatic heterocycles. The van der Waals surface area contributed by atoms with Crippen molar-refractivity contribution >= 4 is 30.7 Å². The minimum Gasteiger partial charge on any atom is -0.379 e. The SMILES string of the molecule is CN(SN1CCOCC1)C(=O)ON[N+]1=CC=NC1(C)C. The standard InChI is InChI=1S/C11H20N5O3S/c1-11(2)12-4-5-16(11)13-19-10(17)14(3)20-15-6-8-18-9-7-15/h4-5,13H,6-9H2,1-3H3/q+1. The van der Waals surface area contributed by atoms with Crippen molar-refractivity contribution in [3.05, 3.63) is 0 Å². The van der Waals surface area contributed by atoms with Crippen LogP contribution in [0, 0.1) is 0 Å². The van der Waals surface area contributed by atoms with Crippen molar-refractivity contribution in [1.82, 2.24) is 14.2 Å². The summed E-state index contributed by atoms with van der Waals surface area (Å²) in [5.74, 6) is 0. The number of aliphatic imine (C=N–C) groups is 1. The van der Waals surface area contributed by atoms with E-state index in [1.807, 2.05) is 13.8 Å². The number of nitrogens with one attached hydrogen (secondary N) is 1. The Hall–Kier alpha value is -1.32. The van der Waals surface area contributed by atoms with Crippen LogP contribution >= 0.6 is 12.1 Å². The van der Waals surface area contributed by atoms with Gasteiger partial charge in [-0.05, 0) is 5.59 Å². The van der Waals surface area contributed by atoms with Crippen molar-refractivity contribution in [2.75, 3.05) is 33.4 Å². The molecule has 0 aromatic rings. The van der Waals surface area contributed by atoms with Crippen LogP contribution in [0.15, 0.2) is 4.99 Å². The summed E-state index contributed by atoms with van der Waals surface area (Å²) in [6, 6.07) is 0. The quantitative estimate of drug-likeness (QED) is 0.457. The molecule has 8 nitrogen and oxygen atoms in total. The molecule has 2 aliphatic heterocycles. The Morgan fingerprint density at radius 1 is 1.55 bits per heavy atom. The smallest absolute Gasteiger partial charge is 0.379 e. The predicted molar refractivity (Wildman–Crippen MR) is 76.3 cm³/mol. The largest absolute Gasteiger partial charge is 0.448 e. The fourth-order valence-corrected chi connectivity index (χ4v) is 2.42. The number of carbonyl (C=O) groups is 1. The Morgan fingerprint density at radius 2 is 2.25 bits per heavy atom. The lowest BCUT2D eigenvalue weighted by atomic mass is 10.3. The lowest BCUT2D eigenvalue weighted by Crippen LogP contribution is -2.44. The monoisotopic (exact) mass is 302 g/mol. The van der Waals surface area contributed by atoms with E-state index in [1.165, 1.54) is 16.4 Å². The van der Waals surface area contributed by atoms with Crippen molar-refractivity contribution in [2.45, 2.75) is 19.5 Å². The average molecular weight is 302 g/mol. The molecule has 2 heterocycles. The number of morpholine rings is 1. The van der Waals surface area contributed by atoms with Gasteiger partial charge in [-0.3, -0.25) is 4.84 Å². The third-order valence-corrected chi connectivity index (χ3v) is 3.88. The van der Waals surface area contributed by atoms with Gasteiger partial charge in [0.15, 0.2) is 0 Å². The van der Waals surface area contributed by atoms with E-state index in [2.05, 4.69) is 14.9 Å². The second-order valence-corrected chi connectivity index (χ2v) is 6.10. The summed E-state index contributed by atoms with van der Waals surface area (Å²) in [4.78, 5) is 21.1. The maximum atomic E-state index is 11.9. The zero-order chi connectivity index (χ0) is 14.6. The van der Waals surface area contributed by atoms with Crippen LogP contribution in [0.2, 0.25) is 0 Å². The number of hydrogen-bond acceptors (Lipinski definition) is 7. The van der Waals surface area contributed by atoms with Gasteiger partial charge in [-0.15, -0.1) is 0 Å². The first kappa shape index (κ1) is 15.1. The molecule has 0 atom stereocenters. The zero-order valence-corrected chi connectivity index (χ0v) is 12.7. The molecule has 1 amide bonds. The average Bonchev–Trinajstić information content (AvgIpc) is 2.76. The highest BCUT2D eigenvalue weighted by Crippen LogP contribution is 2.16. The molecule has 0 radical (unpaired) electrons. The molecule has 0 unspecified atom stereocenters. The van der Waals surface area contributed by atoms with Gasteiger partial charge in [-0.1, -0.05) is 4.68 Å². The second-order valence-electron chi connectivity index (χ2n) is 4.87. The van der Waals surface area contributed by atoms with E-state index in [1.54, 1.807) is 24.2 Å². The van der Waals surface area contributed by atoms with E-state index in [-0.39, 0.29) is 0 Å². The minimum atomic E-state index is -0.474. The summed E-state index contributed by atoms with van der Waals surface area (Å²) in [7, 11) is 1.67. The van der Waals surface area contributed by atoms with Crippen molar-refractivity contribution in [3.63, 3.8) is 0 Å². The first-order chi connectivity index (χ1) is 9.49. The van der Waals surface area contributed by atoms with Gasteiger partial charge in [0.25, 0.3) is 5.66 Å². The number of hydrazine groups is 1. The molecular weight excluding hydrogens is 282 g/mol. The second kappa shape index (κ2) is 6.42. The molecule has 0 spiro atoms. The van der Waals surface area contributed by atoms with Gasteiger partial charge in [0.1, 0.15) is 0 Å². The van der Waals surface area contributed by atoms with E-state index in [4.69, 9.17) is 9.57 Å². The number of nitrogens with zero attached hydrogens (tertiary/aromatic N) is 4. The van der Waals surface area contributed by atoms with Gasteiger partial charge in [-0.25, -0.2) is 18.4 Å². The summed E-state index contributed by atoms with van der Waals surface area (Å²) >= 11 is 1.32. The molecule has 0 aromatic carbocycles. The number of hydrazone groups is 1. The summed E-state index contributed by atoms with van der Waals surface area (Å²) in [6.45, 7) is 6.75. The van der Waals surface area contributed by atoms with Crippen LogP contribution in [0.3, 0.4) is 0 Å². The first-order valence-corrected chi connectivity index (χ1v) is 7.11. The molecule has 0 saturated carbocycles. The Kier molecular flexibility index (Phi) is 4.84. The molecule has 0 aliphatic carbocycles. The lowest BCUT2D eigenvalue weighted by Gasteiger charge is -2.28. The molecule has 9 heteroatoms. The van der Waals surface area contributed by atoms with Gasteiger partial charge in [0.05, 0.1) is 19.4 Å². The van der Waals surface area contributed by atoms with E-state index >= 15 is 0 Å². The van der Waals surface area contributed by atoms with Crippen molar-refractivity contribution in [1.29, 1.82) is 0 Å². The van der Waals surface area contributed by atoms with Crippen LogP contribution in [-0.2, 0) is 9.57 Å². The Labute approximate surface area is 122 Å². The van der Waals surface area contributed by atoms with Gasteiger partial charge >= 0.3 is 6.09 Å². The fourth-order valence-electron chi connectivity index (χ4n) is 1.66. The lowest BCUT2D eigenvalue weighted by molar-refractivity contribution is -0.683. The Bertz CT molecular complexity index is 420. The molecule has 20 heavy (non-hydrogen) atoms. The van der Waals surface area contributed by atoms with Crippen LogP contribution < -0.4 is 5.59 Å². The van der Waals surface area contributed by atoms with Crippen LogP contribution in [0.25, 0.3) is 0 Å². The van der Waals surface area contributed by atoms with Gasteiger partial charge in [0.2, 0.25) is 6.21 Å². The van der Waals surface area contributed by atoms with Crippen LogP contribution in [0.5, 0.6) is 0 Å². The fraction of sp³-hybridized carbons (Fsp3) is 0.727. The first-order valence-electron chi connectivity index (χ1n) is 6.38. The number of rotatable bonds is 4. The Balaban J connectivity index is 1.74. The summed E-state index contributed by atoms with van der Waals surface area (Å²) in [6.07, 6.45) is 2.90. The highest BCUT2D eigenvalue weighted by molar-refractivity contribution is 7.95. The molecule has 112 valence electrons. The highest BCUT2D eigenvalue weighted by atomic mass is 32.2. The molecule has 1 saturated heterocycles. The summed E-state index contributed by atoms with van der Waals surface area (Å²) in [5, 5.41) is 0. The van der Waals surface area contributed by atoms with Crippen LogP contribution in [0.1, 0.15) is 13.8 Å². The topological polar surface area (TPSA) is 69.4 Å². The van der Waals surface area contributed by atoms with E-state index in [0.717, 1.165) is 13.1 Å². The molecule has 1 N–H and O–H groups in total. The Morgan fingerprint density at radius 3 is 2.85 bits per heavy atom. The van der Waals surface area contributed by atoms with Gasteiger partial charge < -0.3 is 4.74 Å². The molecule has 2 aliphatic rings. The highest BCUT2D eigenvalue weighted by Gasteiger charge is 2.34. The van der Waals surface area contributed by atoms with E-state index in [9.17, 15) is 4.79 Å². The summed E-state index contributed by atoms with van der Waals surface area (Å²) < 4.78 is 10.4. The zero-order valence-electron chi connectivity index (χ0n) is 11.9. The third kappa shape index (κ3) is 3.84. The van der Waals surface area contributed by atoms with Crippen LogP contribution in [-0.4, -0.2) is 70.8 Å². The van der Waals surface area contributed by atoms with E-state index < -0.39 is 11.8 Å². The number of carbonyl (C=O) groups excluding carboxylic acids is 1.